The van der Waals surface area contributed by atoms with Gasteiger partial charge in [-0.15, -0.1) is 0 Å². The van der Waals surface area contributed by atoms with Gasteiger partial charge in [-0.25, -0.2) is 0 Å². The molecule has 0 spiro atoms. The van der Waals surface area contributed by atoms with Gasteiger partial charge in [0.05, 0.1) is 0 Å². The Bertz CT molecular complexity index is 674. The summed E-state index contributed by atoms with van der Waals surface area (Å²) in [4.78, 5) is 0. The van der Waals surface area contributed by atoms with Gasteiger partial charge in [-0.05, 0) is 105 Å². The molecule has 0 radical (unpaired) electrons. The van der Waals surface area contributed by atoms with Crippen LogP contribution in [0.2, 0.25) is 0 Å². The van der Waals surface area contributed by atoms with Gasteiger partial charge < -0.3 is 11.1 Å². The lowest BCUT2D eigenvalue weighted by Crippen LogP contribution is -2.31. The molecule has 0 bridgehead atoms. The second kappa shape index (κ2) is 8.43. The Labute approximate surface area is 161 Å². The van der Waals surface area contributed by atoms with Crippen molar-refractivity contribution >= 4 is 11.8 Å². The van der Waals surface area contributed by atoms with E-state index in [0.29, 0.717) is 5.41 Å². The third-order valence-electron chi connectivity index (χ3n) is 6.09. The third kappa shape index (κ3) is 5.01. The van der Waals surface area contributed by atoms with E-state index in [4.69, 9.17) is 5.73 Å². The standard InChI is InChI=1S/C24H38N2/c1-8-16(2)22(18(4)26-7)12-21-11-17(3)20(13-23(21)25)10-9-19-14-24(5,6)15-19/h11-13,18-19,26H,2,8-10,14-15,25H2,1,3-7H3/b22-12+. The van der Waals surface area contributed by atoms with E-state index in [1.165, 1.54) is 41.5 Å². The highest BCUT2D eigenvalue weighted by atomic mass is 14.9. The Morgan fingerprint density at radius 1 is 1.38 bits per heavy atom. The van der Waals surface area contributed by atoms with Crippen LogP contribution in [-0.2, 0) is 6.42 Å². The van der Waals surface area contributed by atoms with Gasteiger partial charge >= 0.3 is 0 Å². The molecule has 0 saturated heterocycles. The lowest BCUT2D eigenvalue weighted by atomic mass is 9.63. The summed E-state index contributed by atoms with van der Waals surface area (Å²) in [6.07, 6.45) is 8.33. The fraction of sp³-hybridized carbons (Fsp3) is 0.583. The molecule has 144 valence electrons. The molecule has 1 aromatic rings. The van der Waals surface area contributed by atoms with Gasteiger partial charge in [0.25, 0.3) is 0 Å². The zero-order chi connectivity index (χ0) is 19.5. The predicted molar refractivity (Wildman–Crippen MR) is 116 cm³/mol. The van der Waals surface area contributed by atoms with Crippen LogP contribution in [0.5, 0.6) is 0 Å². The minimum Gasteiger partial charge on any atom is -0.398 e. The van der Waals surface area contributed by atoms with Crippen molar-refractivity contribution in [1.29, 1.82) is 0 Å². The molecule has 3 N–H and O–H groups in total. The van der Waals surface area contributed by atoms with Crippen LogP contribution in [0, 0.1) is 18.3 Å². The van der Waals surface area contributed by atoms with E-state index in [9.17, 15) is 0 Å². The van der Waals surface area contributed by atoms with E-state index in [0.717, 1.165) is 30.0 Å². The van der Waals surface area contributed by atoms with Crippen LogP contribution >= 0.6 is 0 Å². The molecule has 1 aliphatic rings. The van der Waals surface area contributed by atoms with Gasteiger partial charge in [0.2, 0.25) is 0 Å². The second-order valence-corrected chi connectivity index (χ2v) is 8.95. The summed E-state index contributed by atoms with van der Waals surface area (Å²) in [7, 11) is 1.99. The smallest absolute Gasteiger partial charge is 0.0390 e. The topological polar surface area (TPSA) is 38.0 Å². The van der Waals surface area contributed by atoms with Crippen molar-refractivity contribution in [3.8, 4) is 0 Å². The number of hydrogen-bond donors (Lipinski definition) is 2. The molecule has 1 saturated carbocycles. The monoisotopic (exact) mass is 354 g/mol. The van der Waals surface area contributed by atoms with Gasteiger partial charge in [0.1, 0.15) is 0 Å². The molecule has 0 amide bonds. The highest BCUT2D eigenvalue weighted by molar-refractivity contribution is 5.71. The molecule has 0 aromatic heterocycles. The van der Waals surface area contributed by atoms with E-state index in [-0.39, 0.29) is 6.04 Å². The number of nitrogens with one attached hydrogen (secondary N) is 1. The van der Waals surface area contributed by atoms with Crippen LogP contribution in [0.15, 0.2) is 29.9 Å². The van der Waals surface area contributed by atoms with E-state index in [1.54, 1.807) is 0 Å². The maximum absolute atomic E-state index is 6.42. The minimum atomic E-state index is 0.267. The largest absolute Gasteiger partial charge is 0.398 e. The number of aryl methyl sites for hydroxylation is 2. The summed E-state index contributed by atoms with van der Waals surface area (Å²) < 4.78 is 0. The third-order valence-corrected chi connectivity index (χ3v) is 6.09. The summed E-state index contributed by atoms with van der Waals surface area (Å²) in [5, 5.41) is 3.33. The molecular formula is C24H38N2. The van der Waals surface area contributed by atoms with Crippen LogP contribution in [0.4, 0.5) is 5.69 Å². The number of likely N-dealkylation sites (N-methyl/N-ethyl adjacent to an activating group) is 1. The fourth-order valence-electron chi connectivity index (χ4n) is 4.32. The Morgan fingerprint density at radius 2 is 2.04 bits per heavy atom. The molecule has 2 rings (SSSR count). The van der Waals surface area contributed by atoms with E-state index in [1.807, 2.05) is 7.05 Å². The van der Waals surface area contributed by atoms with Crippen molar-refractivity contribution < 1.29 is 0 Å². The summed E-state index contributed by atoms with van der Waals surface area (Å²) in [5.74, 6) is 0.890. The molecule has 1 atom stereocenters. The van der Waals surface area contributed by atoms with Crippen molar-refractivity contribution in [2.45, 2.75) is 72.8 Å². The Kier molecular flexibility index (Phi) is 6.74. The molecule has 1 aliphatic carbocycles. The summed E-state index contributed by atoms with van der Waals surface area (Å²) in [6.45, 7) is 15.5. The first-order chi connectivity index (χ1) is 12.2. The molecule has 2 nitrogen and oxygen atoms in total. The van der Waals surface area contributed by atoms with Crippen LogP contribution in [-0.4, -0.2) is 13.1 Å². The van der Waals surface area contributed by atoms with Crippen LogP contribution in [0.1, 0.15) is 70.1 Å². The number of hydrogen-bond acceptors (Lipinski definition) is 2. The molecular weight excluding hydrogens is 316 g/mol. The Hall–Kier alpha value is -1.54. The van der Waals surface area contributed by atoms with E-state index in [2.05, 4.69) is 64.7 Å². The van der Waals surface area contributed by atoms with Crippen molar-refractivity contribution in [3.63, 3.8) is 0 Å². The molecule has 0 heterocycles. The maximum Gasteiger partial charge on any atom is 0.0390 e. The van der Waals surface area contributed by atoms with E-state index < -0.39 is 0 Å². The van der Waals surface area contributed by atoms with Crippen LogP contribution in [0.3, 0.4) is 0 Å². The highest BCUT2D eigenvalue weighted by Crippen LogP contribution is 2.46. The maximum atomic E-state index is 6.42. The average Bonchev–Trinajstić information content (AvgIpc) is 2.57. The lowest BCUT2D eigenvalue weighted by molar-refractivity contribution is 0.0901. The van der Waals surface area contributed by atoms with Gasteiger partial charge in [-0.1, -0.05) is 32.9 Å². The molecule has 1 fully saturated rings. The summed E-state index contributed by atoms with van der Waals surface area (Å²) >= 11 is 0. The predicted octanol–water partition coefficient (Wildman–Crippen LogP) is 5.90. The molecule has 26 heavy (non-hydrogen) atoms. The normalized spacial score (nSPS) is 18.5. The van der Waals surface area contributed by atoms with Gasteiger partial charge in [0.15, 0.2) is 0 Å². The summed E-state index contributed by atoms with van der Waals surface area (Å²) in [5.41, 5.74) is 14.1. The lowest BCUT2D eigenvalue weighted by Gasteiger charge is -2.43. The molecule has 1 unspecified atom stereocenters. The van der Waals surface area contributed by atoms with Gasteiger partial charge in [-0.3, -0.25) is 0 Å². The van der Waals surface area contributed by atoms with Gasteiger partial charge in [-0.2, -0.15) is 0 Å². The first-order valence-corrected chi connectivity index (χ1v) is 10.1. The van der Waals surface area contributed by atoms with Crippen LogP contribution < -0.4 is 11.1 Å². The first kappa shape index (κ1) is 20.8. The molecule has 0 aliphatic heterocycles. The number of nitrogens with two attached hydrogens (primary N) is 1. The zero-order valence-electron chi connectivity index (χ0n) is 17.7. The fourth-order valence-corrected chi connectivity index (χ4v) is 4.32. The second-order valence-electron chi connectivity index (χ2n) is 8.95. The zero-order valence-corrected chi connectivity index (χ0v) is 17.7. The molecule has 2 heteroatoms. The van der Waals surface area contributed by atoms with Crippen LogP contribution in [0.25, 0.3) is 6.08 Å². The van der Waals surface area contributed by atoms with Crippen molar-refractivity contribution in [2.24, 2.45) is 11.3 Å². The number of benzene rings is 1. The first-order valence-electron chi connectivity index (χ1n) is 10.1. The van der Waals surface area contributed by atoms with Crippen molar-refractivity contribution in [1.82, 2.24) is 5.32 Å². The van der Waals surface area contributed by atoms with E-state index >= 15 is 0 Å². The Morgan fingerprint density at radius 3 is 2.58 bits per heavy atom. The average molecular weight is 355 g/mol. The number of rotatable bonds is 8. The van der Waals surface area contributed by atoms with Crippen molar-refractivity contribution in [3.05, 3.63) is 46.5 Å². The Balaban J connectivity index is 2.17. The quantitative estimate of drug-likeness (QED) is 0.450. The number of anilines is 1. The number of nitrogen functional groups attached to an aromatic ring is 1. The highest BCUT2D eigenvalue weighted by Gasteiger charge is 2.35. The minimum absolute atomic E-state index is 0.267. The van der Waals surface area contributed by atoms with Gasteiger partial charge in [0, 0.05) is 11.7 Å². The van der Waals surface area contributed by atoms with Crippen molar-refractivity contribution in [2.75, 3.05) is 12.8 Å². The SMILES string of the molecule is C=C(CC)/C(=C\c1cc(C)c(CCC2CC(C)(C)C2)cc1N)C(C)NC. The summed E-state index contributed by atoms with van der Waals surface area (Å²) in [6, 6.07) is 4.71. The molecule has 1 aromatic carbocycles.